The molecule has 1 aromatic heterocycles. The van der Waals surface area contributed by atoms with Crippen LogP contribution in [0.25, 0.3) is 5.69 Å². The van der Waals surface area contributed by atoms with Crippen LogP contribution >= 0.6 is 0 Å². The lowest BCUT2D eigenvalue weighted by Gasteiger charge is -2.19. The van der Waals surface area contributed by atoms with Crippen molar-refractivity contribution >= 4 is 5.91 Å². The smallest absolute Gasteiger partial charge is 0.257 e. The molecular weight excluding hydrogens is 278 g/mol. The molecule has 0 aliphatic carbocycles. The van der Waals surface area contributed by atoms with Crippen LogP contribution < -0.4 is 0 Å². The van der Waals surface area contributed by atoms with E-state index in [1.165, 1.54) is 5.56 Å². The van der Waals surface area contributed by atoms with Crippen LogP contribution in [0.3, 0.4) is 0 Å². The molecule has 1 heterocycles. The predicted octanol–water partition coefficient (Wildman–Crippen LogP) is 2.20. The van der Waals surface area contributed by atoms with E-state index in [1.54, 1.807) is 11.1 Å². The molecule has 0 saturated carbocycles. The molecule has 22 heavy (non-hydrogen) atoms. The summed E-state index contributed by atoms with van der Waals surface area (Å²) in [4.78, 5) is 14.2. The van der Waals surface area contributed by atoms with E-state index in [1.807, 2.05) is 49.7 Å². The van der Waals surface area contributed by atoms with Crippen molar-refractivity contribution in [2.24, 2.45) is 0 Å². The Morgan fingerprint density at radius 2 is 1.95 bits per heavy atom. The Morgan fingerprint density at radius 1 is 1.27 bits per heavy atom. The van der Waals surface area contributed by atoms with E-state index in [4.69, 9.17) is 5.11 Å². The van der Waals surface area contributed by atoms with Gasteiger partial charge >= 0.3 is 0 Å². The van der Waals surface area contributed by atoms with Crippen molar-refractivity contribution in [1.29, 1.82) is 0 Å². The molecule has 1 N–H and O–H groups in total. The molecule has 2 rings (SSSR count). The highest BCUT2D eigenvalue weighted by Gasteiger charge is 2.21. The second-order valence-electron chi connectivity index (χ2n) is 5.21. The number of hydrogen-bond donors (Lipinski definition) is 1. The number of nitrogens with zero attached hydrogens (tertiary/aromatic N) is 3. The molecule has 118 valence electrons. The number of benzene rings is 1. The van der Waals surface area contributed by atoms with Crippen LogP contribution in [0.1, 0.15) is 35.5 Å². The molecule has 0 unspecified atom stereocenters. The van der Waals surface area contributed by atoms with Gasteiger partial charge in [-0.1, -0.05) is 24.6 Å². The number of likely N-dealkylation sites (N-methyl/N-ethyl adjacent to an activating group) is 1. The minimum Gasteiger partial charge on any atom is -0.395 e. The van der Waals surface area contributed by atoms with Crippen LogP contribution in [-0.2, 0) is 6.42 Å². The Morgan fingerprint density at radius 3 is 2.50 bits per heavy atom. The number of carbonyl (C=O) groups is 1. The van der Waals surface area contributed by atoms with E-state index in [0.29, 0.717) is 25.1 Å². The zero-order chi connectivity index (χ0) is 16.1. The first-order valence-electron chi connectivity index (χ1n) is 7.66. The minimum absolute atomic E-state index is 0.0346. The third kappa shape index (κ3) is 3.20. The van der Waals surface area contributed by atoms with Gasteiger partial charge in [-0.2, -0.15) is 5.10 Å². The van der Waals surface area contributed by atoms with Gasteiger partial charge in [0.15, 0.2) is 0 Å². The maximum atomic E-state index is 12.6. The number of rotatable bonds is 6. The molecule has 0 aliphatic rings. The van der Waals surface area contributed by atoms with E-state index in [2.05, 4.69) is 5.10 Å². The molecule has 0 aliphatic heterocycles. The highest BCUT2D eigenvalue weighted by molar-refractivity contribution is 5.95. The zero-order valence-electron chi connectivity index (χ0n) is 13.4. The Kier molecular flexibility index (Phi) is 5.33. The second kappa shape index (κ2) is 7.22. The first kappa shape index (κ1) is 16.2. The van der Waals surface area contributed by atoms with E-state index in [0.717, 1.165) is 11.4 Å². The van der Waals surface area contributed by atoms with E-state index >= 15 is 0 Å². The lowest BCUT2D eigenvalue weighted by molar-refractivity contribution is 0.0731. The van der Waals surface area contributed by atoms with Crippen molar-refractivity contribution in [1.82, 2.24) is 14.7 Å². The van der Waals surface area contributed by atoms with Crippen molar-refractivity contribution in [2.45, 2.75) is 27.2 Å². The maximum Gasteiger partial charge on any atom is 0.257 e. The van der Waals surface area contributed by atoms with Crippen LogP contribution in [0.2, 0.25) is 0 Å². The van der Waals surface area contributed by atoms with Gasteiger partial charge in [-0.15, -0.1) is 0 Å². The van der Waals surface area contributed by atoms with Crippen molar-refractivity contribution in [2.75, 3.05) is 19.7 Å². The van der Waals surface area contributed by atoms with Crippen LogP contribution in [0.5, 0.6) is 0 Å². The largest absolute Gasteiger partial charge is 0.395 e. The normalized spacial score (nSPS) is 10.7. The van der Waals surface area contributed by atoms with Gasteiger partial charge in [0.25, 0.3) is 5.91 Å². The molecule has 5 heteroatoms. The summed E-state index contributed by atoms with van der Waals surface area (Å²) in [5, 5.41) is 13.5. The van der Waals surface area contributed by atoms with Crippen molar-refractivity contribution in [3.8, 4) is 5.69 Å². The summed E-state index contributed by atoms with van der Waals surface area (Å²) in [6.45, 7) is 6.83. The highest BCUT2D eigenvalue weighted by atomic mass is 16.3. The summed E-state index contributed by atoms with van der Waals surface area (Å²) in [7, 11) is 0. The molecule has 0 bridgehead atoms. The van der Waals surface area contributed by atoms with Gasteiger partial charge in [-0.3, -0.25) is 4.79 Å². The predicted molar refractivity (Wildman–Crippen MR) is 86.3 cm³/mol. The maximum absolute atomic E-state index is 12.6. The first-order chi connectivity index (χ1) is 10.6. The number of aromatic nitrogens is 2. The van der Waals surface area contributed by atoms with Gasteiger partial charge in [-0.25, -0.2) is 4.68 Å². The molecule has 0 radical (unpaired) electrons. The molecule has 0 saturated heterocycles. The number of aliphatic hydroxyl groups is 1. The number of amides is 1. The van der Waals surface area contributed by atoms with Gasteiger partial charge in [-0.05, 0) is 32.4 Å². The van der Waals surface area contributed by atoms with E-state index in [-0.39, 0.29) is 12.5 Å². The Bertz CT molecular complexity index is 632. The minimum atomic E-state index is -0.0771. The quantitative estimate of drug-likeness (QED) is 0.890. The second-order valence-corrected chi connectivity index (χ2v) is 5.21. The lowest BCUT2D eigenvalue weighted by atomic mass is 10.1. The fourth-order valence-corrected chi connectivity index (χ4v) is 2.50. The van der Waals surface area contributed by atoms with Gasteiger partial charge in [0.2, 0.25) is 0 Å². The highest BCUT2D eigenvalue weighted by Crippen LogP contribution is 2.18. The van der Waals surface area contributed by atoms with Crippen LogP contribution in [-0.4, -0.2) is 45.4 Å². The van der Waals surface area contributed by atoms with Crippen LogP contribution in [0.4, 0.5) is 0 Å². The SMILES string of the molecule is CCc1c(C(=O)N(CC)CCO)cnn1-c1ccc(C)cc1. The van der Waals surface area contributed by atoms with Crippen molar-refractivity contribution < 1.29 is 9.90 Å². The van der Waals surface area contributed by atoms with Gasteiger partial charge in [0, 0.05) is 13.1 Å². The summed E-state index contributed by atoms with van der Waals surface area (Å²) < 4.78 is 1.82. The van der Waals surface area contributed by atoms with Gasteiger partial charge in [0.05, 0.1) is 29.7 Å². The molecule has 1 aromatic carbocycles. The summed E-state index contributed by atoms with van der Waals surface area (Å²) in [6.07, 6.45) is 2.34. The lowest BCUT2D eigenvalue weighted by Crippen LogP contribution is -2.33. The van der Waals surface area contributed by atoms with Crippen molar-refractivity contribution in [3.05, 3.63) is 47.3 Å². The average Bonchev–Trinajstić information content (AvgIpc) is 2.96. The fourth-order valence-electron chi connectivity index (χ4n) is 2.50. The molecule has 5 nitrogen and oxygen atoms in total. The molecule has 0 fully saturated rings. The van der Waals surface area contributed by atoms with Gasteiger partial charge < -0.3 is 10.0 Å². The number of hydrogen-bond acceptors (Lipinski definition) is 3. The molecule has 0 spiro atoms. The van der Waals surface area contributed by atoms with Crippen LogP contribution in [0, 0.1) is 6.92 Å². The third-order valence-electron chi connectivity index (χ3n) is 3.75. The number of carbonyl (C=O) groups excluding carboxylic acids is 1. The summed E-state index contributed by atoms with van der Waals surface area (Å²) >= 11 is 0. The zero-order valence-corrected chi connectivity index (χ0v) is 13.4. The number of aryl methyl sites for hydroxylation is 1. The van der Waals surface area contributed by atoms with Crippen molar-refractivity contribution in [3.63, 3.8) is 0 Å². The molecule has 1 amide bonds. The standard InChI is InChI=1S/C17H23N3O2/c1-4-16-15(17(22)19(5-2)10-11-21)12-18-20(16)14-8-6-13(3)7-9-14/h6-9,12,21H,4-5,10-11H2,1-3H3. The average molecular weight is 301 g/mol. The molecule has 0 atom stereocenters. The topological polar surface area (TPSA) is 58.4 Å². The number of aliphatic hydroxyl groups excluding tert-OH is 1. The Labute approximate surface area is 131 Å². The summed E-state index contributed by atoms with van der Waals surface area (Å²) in [5.41, 5.74) is 3.64. The monoisotopic (exact) mass is 301 g/mol. The molecular formula is C17H23N3O2. The van der Waals surface area contributed by atoms with Gasteiger partial charge in [0.1, 0.15) is 0 Å². The Hall–Kier alpha value is -2.14. The fraction of sp³-hybridized carbons (Fsp3) is 0.412. The van der Waals surface area contributed by atoms with Crippen LogP contribution in [0.15, 0.2) is 30.5 Å². The molecule has 2 aromatic rings. The van der Waals surface area contributed by atoms with E-state index < -0.39 is 0 Å². The first-order valence-corrected chi connectivity index (χ1v) is 7.66. The van der Waals surface area contributed by atoms with E-state index in [9.17, 15) is 4.79 Å². The summed E-state index contributed by atoms with van der Waals surface area (Å²) in [6, 6.07) is 8.06. The summed E-state index contributed by atoms with van der Waals surface area (Å²) in [5.74, 6) is -0.0771. The third-order valence-corrected chi connectivity index (χ3v) is 3.75. The Balaban J connectivity index is 2.39.